The number of ether oxygens (including phenoxy) is 2. The monoisotopic (exact) mass is 686 g/mol. The van der Waals surface area contributed by atoms with E-state index in [1.165, 1.54) is 36.5 Å². The first-order valence-electron chi connectivity index (χ1n) is 15.1. The number of aromatic nitrogens is 5. The fourth-order valence-electron chi connectivity index (χ4n) is 5.56. The van der Waals surface area contributed by atoms with Crippen molar-refractivity contribution >= 4 is 67.5 Å². The Kier molecular flexibility index (Phi) is 9.42. The third kappa shape index (κ3) is 6.80. The molecule has 1 unspecified atom stereocenters. The molecule has 0 aliphatic carbocycles. The van der Waals surface area contributed by atoms with Crippen molar-refractivity contribution in [3.05, 3.63) is 94.1 Å². The molecule has 8 radical (unpaired) electrons. The second kappa shape index (κ2) is 13.3. The van der Waals surface area contributed by atoms with Crippen molar-refractivity contribution in [2.45, 2.75) is 36.8 Å². The van der Waals surface area contributed by atoms with Crippen LogP contribution in [0.15, 0.2) is 60.9 Å². The number of pyridine rings is 1. The van der Waals surface area contributed by atoms with Gasteiger partial charge in [-0.2, -0.15) is 10.2 Å². The fourth-order valence-corrected chi connectivity index (χ4v) is 5.79. The number of hydrogen-bond donors (Lipinski definition) is 4. The Labute approximate surface area is 296 Å². The summed E-state index contributed by atoms with van der Waals surface area (Å²) >= 11 is 6.70. The molecule has 244 valence electrons. The second-order valence-corrected chi connectivity index (χ2v) is 12.3. The highest BCUT2D eigenvalue weighted by Crippen LogP contribution is 2.43. The Hall–Kier alpha value is -4.50. The Morgan fingerprint density at radius 2 is 1.88 bits per heavy atom. The zero-order valence-corrected chi connectivity index (χ0v) is 27.5. The molecule has 0 saturated heterocycles. The van der Waals surface area contributed by atoms with Crippen LogP contribution >= 0.6 is 11.6 Å². The first-order chi connectivity index (χ1) is 23.5. The smallest absolute Gasteiger partial charge is 0.482 e. The van der Waals surface area contributed by atoms with Crippen molar-refractivity contribution in [2.24, 2.45) is 7.05 Å². The maximum atomic E-state index is 14.7. The molecular weight excluding hydrogens is 661 g/mol. The number of aryl methyl sites for hydroxylation is 1. The van der Waals surface area contributed by atoms with Gasteiger partial charge in [-0.1, -0.05) is 41.0 Å². The second-order valence-electron chi connectivity index (χ2n) is 11.9. The van der Waals surface area contributed by atoms with Crippen LogP contribution in [0.5, 0.6) is 5.75 Å². The molecule has 2 aromatic carbocycles. The largest absolute Gasteiger partial charge is 0.488 e. The molecule has 1 aliphatic rings. The van der Waals surface area contributed by atoms with Crippen LogP contribution in [0.4, 0.5) is 15.0 Å². The SMILES string of the molecule is [B]C([B])([B])C([B])(O)n1nc(Cl)c2c1-c1cnc(NC(=O)OCc3ccc(B(O)O)cc3)c(c1)O[C@H](C)c1cc(F)ccc1-c1nn(C)cc1C2. The van der Waals surface area contributed by atoms with Crippen LogP contribution in [0.2, 0.25) is 10.3 Å². The van der Waals surface area contributed by atoms with Gasteiger partial charge in [-0.25, -0.2) is 18.9 Å². The molecule has 5 aromatic rings. The summed E-state index contributed by atoms with van der Waals surface area (Å²) in [5.74, 6) is -0.590. The normalized spacial score (nSPS) is 15.2. The van der Waals surface area contributed by atoms with Crippen molar-refractivity contribution in [3.63, 3.8) is 0 Å². The average Bonchev–Trinajstić information content (AvgIpc) is 3.58. The fraction of sp³-hybridized carbons (Fsp3) is 0.226. The number of nitrogens with zero attached hydrogens (tertiary/aromatic N) is 5. The number of carbonyl (C=O) groups is 1. The molecule has 4 heterocycles. The quantitative estimate of drug-likeness (QED) is 0.196. The number of aliphatic hydroxyl groups is 1. The number of hydrogen-bond acceptors (Lipinski definition) is 9. The van der Waals surface area contributed by atoms with Gasteiger partial charge in [-0.05, 0) is 42.2 Å². The van der Waals surface area contributed by atoms with Gasteiger partial charge >= 0.3 is 13.2 Å². The number of nitrogens with one attached hydrogen (secondary N) is 1. The molecule has 2 bridgehead atoms. The lowest BCUT2D eigenvalue weighted by Crippen LogP contribution is -2.48. The molecular formula is C31H25B5ClFN6O6. The van der Waals surface area contributed by atoms with E-state index in [-0.39, 0.29) is 46.5 Å². The van der Waals surface area contributed by atoms with E-state index in [1.807, 2.05) is 0 Å². The summed E-state index contributed by atoms with van der Waals surface area (Å²) in [4.78, 5) is 17.4. The van der Waals surface area contributed by atoms with Crippen molar-refractivity contribution in [1.82, 2.24) is 24.5 Å². The molecule has 3 aromatic heterocycles. The summed E-state index contributed by atoms with van der Waals surface area (Å²) in [5, 5.41) is 38.9. The highest BCUT2D eigenvalue weighted by molar-refractivity contribution is 6.61. The van der Waals surface area contributed by atoms with Gasteiger partial charge in [-0.3, -0.25) is 10.00 Å². The van der Waals surface area contributed by atoms with Gasteiger partial charge in [0.1, 0.15) is 26.4 Å². The van der Waals surface area contributed by atoms with Crippen molar-refractivity contribution < 1.29 is 33.8 Å². The summed E-state index contributed by atoms with van der Waals surface area (Å²) in [6, 6.07) is 11.8. The number of carbonyl (C=O) groups excluding carboxylic acids is 1. The predicted molar refractivity (Wildman–Crippen MR) is 187 cm³/mol. The maximum Gasteiger partial charge on any atom is 0.488 e. The van der Waals surface area contributed by atoms with Crippen molar-refractivity contribution in [1.29, 1.82) is 0 Å². The van der Waals surface area contributed by atoms with Crippen LogP contribution < -0.4 is 15.5 Å². The van der Waals surface area contributed by atoms with E-state index in [0.717, 1.165) is 4.68 Å². The molecule has 4 N–H and O–H groups in total. The minimum atomic E-state index is -2.69. The zero-order valence-electron chi connectivity index (χ0n) is 26.7. The van der Waals surface area contributed by atoms with Gasteiger partial charge in [0.05, 0.1) is 40.6 Å². The average molecular weight is 686 g/mol. The van der Waals surface area contributed by atoms with E-state index in [2.05, 4.69) is 20.5 Å². The standard InChI is InChI=1S/C31H25B5ClFN6O6/c1-15-22-11-20(38)7-8-21(22)25-18(13-43(2)41-25)9-23-26(44(42-27(23)37)31(35,46)30(32,33)34)17-10-24(50-15)28(39-12-17)40-29(45)49-14-16-3-5-19(6-4-16)36(47)48/h3-8,10-13,15,46-48H,9,14H2,1-2H3,(H,39,40,45)/t15-,31?/m1/s1. The van der Waals surface area contributed by atoms with E-state index in [0.29, 0.717) is 33.5 Å². The lowest BCUT2D eigenvalue weighted by Gasteiger charge is -2.40. The predicted octanol–water partition coefficient (Wildman–Crippen LogP) is 1.96. The number of halogens is 2. The molecule has 0 spiro atoms. The molecule has 50 heavy (non-hydrogen) atoms. The summed E-state index contributed by atoms with van der Waals surface area (Å²) in [6.45, 7) is 1.53. The molecule has 2 atom stereocenters. The number of anilines is 1. The van der Waals surface area contributed by atoms with Gasteiger partial charge in [0.15, 0.2) is 16.7 Å². The Balaban J connectivity index is 1.47. The van der Waals surface area contributed by atoms with Crippen LogP contribution in [0.1, 0.15) is 35.3 Å². The molecule has 0 saturated carbocycles. The van der Waals surface area contributed by atoms with Gasteiger partial charge in [-0.15, -0.1) is 0 Å². The first kappa shape index (κ1) is 35.3. The minimum Gasteiger partial charge on any atom is -0.482 e. The third-order valence-corrected chi connectivity index (χ3v) is 8.48. The summed E-state index contributed by atoms with van der Waals surface area (Å²) in [7, 11) is 23.9. The number of amides is 1. The summed E-state index contributed by atoms with van der Waals surface area (Å²) in [6.07, 6.45) is 1.45. The van der Waals surface area contributed by atoms with E-state index < -0.39 is 35.9 Å². The molecule has 6 rings (SSSR count). The van der Waals surface area contributed by atoms with Crippen molar-refractivity contribution in [2.75, 3.05) is 5.32 Å². The number of benzene rings is 2. The minimum absolute atomic E-state index is 0.000146. The Morgan fingerprint density at radius 3 is 2.56 bits per heavy atom. The maximum absolute atomic E-state index is 14.7. The molecule has 1 amide bonds. The third-order valence-electron chi connectivity index (χ3n) is 8.17. The van der Waals surface area contributed by atoms with Crippen LogP contribution in [-0.2, 0) is 30.4 Å². The van der Waals surface area contributed by atoms with Gasteiger partial charge in [0.25, 0.3) is 0 Å². The van der Waals surface area contributed by atoms with Crippen LogP contribution in [0.25, 0.3) is 22.5 Å². The number of rotatable bonds is 6. The van der Waals surface area contributed by atoms with Crippen LogP contribution in [0.3, 0.4) is 0 Å². The van der Waals surface area contributed by atoms with Gasteiger partial charge in [0.2, 0.25) is 0 Å². The van der Waals surface area contributed by atoms with Crippen LogP contribution in [-0.4, -0.2) is 84.3 Å². The van der Waals surface area contributed by atoms with E-state index in [1.54, 1.807) is 43.0 Å². The molecule has 12 nitrogen and oxygen atoms in total. The zero-order chi connectivity index (χ0) is 36.1. The topological polar surface area (TPSA) is 157 Å². The molecule has 1 aliphatic heterocycles. The lowest BCUT2D eigenvalue weighted by atomic mass is 9.34. The highest BCUT2D eigenvalue weighted by Gasteiger charge is 2.39. The lowest BCUT2D eigenvalue weighted by molar-refractivity contribution is 0.0417. The summed E-state index contributed by atoms with van der Waals surface area (Å²) < 4.78 is 28.9. The van der Waals surface area contributed by atoms with Gasteiger partial charge in [0, 0.05) is 53.7 Å². The Bertz CT molecular complexity index is 2090. The van der Waals surface area contributed by atoms with Gasteiger partial charge < -0.3 is 24.6 Å². The Morgan fingerprint density at radius 1 is 1.16 bits per heavy atom. The summed E-state index contributed by atoms with van der Waals surface area (Å²) in [5.41, 5.74) is 1.01. The highest BCUT2D eigenvalue weighted by atomic mass is 35.5. The van der Waals surface area contributed by atoms with Crippen molar-refractivity contribution in [3.8, 4) is 28.3 Å². The number of fused-ring (bicyclic) bond motifs is 7. The molecule has 19 heteroatoms. The van der Waals surface area contributed by atoms with E-state index in [4.69, 9.17) is 52.5 Å². The van der Waals surface area contributed by atoms with Crippen LogP contribution in [0, 0.1) is 5.82 Å². The van der Waals surface area contributed by atoms with E-state index >= 15 is 0 Å². The van der Waals surface area contributed by atoms with E-state index in [9.17, 15) is 24.3 Å². The molecule has 0 fully saturated rings. The first-order valence-corrected chi connectivity index (χ1v) is 15.4.